The molecule has 4 rings (SSSR count). The van der Waals surface area contributed by atoms with E-state index in [-0.39, 0.29) is 0 Å². The maximum Gasteiger partial charge on any atom is 0.119 e. The third-order valence-electron chi connectivity index (χ3n) is 5.00. The van der Waals surface area contributed by atoms with Crippen molar-refractivity contribution in [2.45, 2.75) is 12.8 Å². The number of H-pyrrole nitrogens is 1. The van der Waals surface area contributed by atoms with Gasteiger partial charge in [-0.2, -0.15) is 5.10 Å². The quantitative estimate of drug-likeness (QED) is 0.683. The molecule has 0 saturated carbocycles. The summed E-state index contributed by atoms with van der Waals surface area (Å²) in [7, 11) is 1.67. The summed E-state index contributed by atoms with van der Waals surface area (Å²) in [5.41, 5.74) is 4.05. The topological polar surface area (TPSA) is 50.4 Å². The Kier molecular flexibility index (Phi) is 5.39. The average Bonchev–Trinajstić information content (AvgIpc) is 3.41. The predicted octanol–water partition coefficient (Wildman–Crippen LogP) is 4.23. The molecule has 0 radical (unpaired) electrons. The summed E-state index contributed by atoms with van der Waals surface area (Å²) in [6.45, 7) is 4.16. The lowest BCUT2D eigenvalue weighted by molar-refractivity contribution is 0.238. The Hall–Kier alpha value is -2.79. The first-order chi connectivity index (χ1) is 13.3. The lowest BCUT2D eigenvalue weighted by Gasteiger charge is -2.14. The monoisotopic (exact) mass is 363 g/mol. The van der Waals surface area contributed by atoms with E-state index < -0.39 is 0 Å². The zero-order valence-corrected chi connectivity index (χ0v) is 15.6. The number of nitrogens with zero attached hydrogens (tertiary/aromatic N) is 2. The van der Waals surface area contributed by atoms with Crippen LogP contribution >= 0.6 is 0 Å². The van der Waals surface area contributed by atoms with Crippen LogP contribution in [0.2, 0.25) is 0 Å². The highest BCUT2D eigenvalue weighted by Gasteiger charge is 2.11. The molecular formula is C22H25N3O2. The Balaban J connectivity index is 1.37. The highest BCUT2D eigenvalue weighted by atomic mass is 16.5. The molecule has 0 unspecified atom stereocenters. The molecule has 1 aromatic heterocycles. The summed E-state index contributed by atoms with van der Waals surface area (Å²) in [5, 5.41) is 7.55. The molecule has 3 aromatic rings. The van der Waals surface area contributed by atoms with Crippen LogP contribution in [0.1, 0.15) is 12.8 Å². The first-order valence-electron chi connectivity index (χ1n) is 9.47. The van der Waals surface area contributed by atoms with Crippen molar-refractivity contribution in [3.63, 3.8) is 0 Å². The molecule has 0 aliphatic carbocycles. The number of benzene rings is 2. The van der Waals surface area contributed by atoms with E-state index >= 15 is 0 Å². The van der Waals surface area contributed by atoms with Crippen LogP contribution in [0, 0.1) is 0 Å². The summed E-state index contributed by atoms with van der Waals surface area (Å²) in [6, 6.07) is 18.1. The fourth-order valence-electron chi connectivity index (χ4n) is 3.41. The molecule has 0 spiro atoms. The molecule has 5 heteroatoms. The standard InChI is InChI=1S/C22H25N3O2/c1-26-19-8-4-17(5-9-19)21-16-22(24-23-21)18-6-10-20(11-7-18)27-15-14-25-12-2-3-13-25/h4-11,16H,2-3,12-15H2,1H3,(H,23,24). The highest BCUT2D eigenvalue weighted by Crippen LogP contribution is 2.26. The normalized spacial score (nSPS) is 14.4. The van der Waals surface area contributed by atoms with Crippen LogP contribution in [0.4, 0.5) is 0 Å². The van der Waals surface area contributed by atoms with Crippen molar-refractivity contribution in [1.82, 2.24) is 15.1 Å². The second kappa shape index (κ2) is 8.27. The molecule has 1 saturated heterocycles. The highest BCUT2D eigenvalue weighted by molar-refractivity contribution is 5.68. The van der Waals surface area contributed by atoms with Gasteiger partial charge >= 0.3 is 0 Å². The minimum Gasteiger partial charge on any atom is -0.497 e. The van der Waals surface area contributed by atoms with Crippen LogP contribution in [-0.4, -0.2) is 48.4 Å². The van der Waals surface area contributed by atoms with Crippen molar-refractivity contribution >= 4 is 0 Å². The molecule has 5 nitrogen and oxygen atoms in total. The average molecular weight is 363 g/mol. The Bertz CT molecular complexity index is 850. The van der Waals surface area contributed by atoms with E-state index in [1.165, 1.54) is 25.9 Å². The van der Waals surface area contributed by atoms with E-state index in [4.69, 9.17) is 9.47 Å². The first kappa shape index (κ1) is 17.6. The predicted molar refractivity (Wildman–Crippen MR) is 107 cm³/mol. The zero-order chi connectivity index (χ0) is 18.5. The molecule has 0 atom stereocenters. The second-order valence-electron chi connectivity index (χ2n) is 6.82. The molecule has 1 N–H and O–H groups in total. The summed E-state index contributed by atoms with van der Waals surface area (Å²) in [4.78, 5) is 2.46. The summed E-state index contributed by atoms with van der Waals surface area (Å²) in [5.74, 6) is 1.75. The van der Waals surface area contributed by atoms with Gasteiger partial charge in [0.15, 0.2) is 0 Å². The number of likely N-dealkylation sites (tertiary alicyclic amines) is 1. The Morgan fingerprint density at radius 2 is 1.59 bits per heavy atom. The number of hydrogen-bond donors (Lipinski definition) is 1. The van der Waals surface area contributed by atoms with Gasteiger partial charge in [0.25, 0.3) is 0 Å². The molecule has 1 aliphatic heterocycles. The number of rotatable bonds is 7. The van der Waals surface area contributed by atoms with Crippen molar-refractivity contribution in [3.8, 4) is 34.0 Å². The van der Waals surface area contributed by atoms with Gasteiger partial charge in [-0.25, -0.2) is 0 Å². The van der Waals surface area contributed by atoms with Gasteiger partial charge in [0.1, 0.15) is 18.1 Å². The number of methoxy groups -OCH3 is 1. The maximum absolute atomic E-state index is 5.88. The summed E-state index contributed by atoms with van der Waals surface area (Å²) < 4.78 is 11.1. The molecule has 2 heterocycles. The van der Waals surface area contributed by atoms with E-state index in [2.05, 4.69) is 33.3 Å². The van der Waals surface area contributed by atoms with E-state index in [9.17, 15) is 0 Å². The van der Waals surface area contributed by atoms with Gasteiger partial charge in [0, 0.05) is 12.1 Å². The van der Waals surface area contributed by atoms with Crippen LogP contribution in [0.5, 0.6) is 11.5 Å². The molecule has 1 aliphatic rings. The third-order valence-corrected chi connectivity index (χ3v) is 5.00. The fraction of sp³-hybridized carbons (Fsp3) is 0.318. The minimum atomic E-state index is 0.741. The number of nitrogens with one attached hydrogen (secondary N) is 1. The van der Waals surface area contributed by atoms with Gasteiger partial charge in [-0.3, -0.25) is 10.00 Å². The smallest absolute Gasteiger partial charge is 0.119 e. The second-order valence-corrected chi connectivity index (χ2v) is 6.82. The minimum absolute atomic E-state index is 0.741. The van der Waals surface area contributed by atoms with Crippen LogP contribution < -0.4 is 9.47 Å². The van der Waals surface area contributed by atoms with Crippen LogP contribution in [0.3, 0.4) is 0 Å². The van der Waals surface area contributed by atoms with Crippen molar-refractivity contribution in [2.24, 2.45) is 0 Å². The van der Waals surface area contributed by atoms with Crippen molar-refractivity contribution in [2.75, 3.05) is 33.4 Å². The Morgan fingerprint density at radius 3 is 2.30 bits per heavy atom. The summed E-state index contributed by atoms with van der Waals surface area (Å²) in [6.07, 6.45) is 2.63. The number of hydrogen-bond acceptors (Lipinski definition) is 4. The van der Waals surface area contributed by atoms with Gasteiger partial charge < -0.3 is 9.47 Å². The molecular weight excluding hydrogens is 338 g/mol. The van der Waals surface area contributed by atoms with Gasteiger partial charge in [0.2, 0.25) is 0 Å². The van der Waals surface area contributed by atoms with E-state index in [1.54, 1.807) is 7.11 Å². The molecule has 27 heavy (non-hydrogen) atoms. The van der Waals surface area contributed by atoms with Crippen molar-refractivity contribution in [3.05, 3.63) is 54.6 Å². The largest absolute Gasteiger partial charge is 0.497 e. The van der Waals surface area contributed by atoms with Crippen molar-refractivity contribution in [1.29, 1.82) is 0 Å². The van der Waals surface area contributed by atoms with Gasteiger partial charge in [0.05, 0.1) is 18.5 Å². The van der Waals surface area contributed by atoms with Crippen LogP contribution in [-0.2, 0) is 0 Å². The van der Waals surface area contributed by atoms with Crippen molar-refractivity contribution < 1.29 is 9.47 Å². The van der Waals surface area contributed by atoms with Crippen LogP contribution in [0.25, 0.3) is 22.5 Å². The molecule has 0 amide bonds. The lowest BCUT2D eigenvalue weighted by atomic mass is 10.1. The van der Waals surface area contributed by atoms with E-state index in [0.717, 1.165) is 47.2 Å². The van der Waals surface area contributed by atoms with Crippen LogP contribution in [0.15, 0.2) is 54.6 Å². The number of ether oxygens (including phenoxy) is 2. The molecule has 1 fully saturated rings. The Labute approximate surface area is 159 Å². The maximum atomic E-state index is 5.88. The Morgan fingerprint density at radius 1 is 0.926 bits per heavy atom. The zero-order valence-electron chi connectivity index (χ0n) is 15.6. The number of aromatic amines is 1. The van der Waals surface area contributed by atoms with E-state index in [1.807, 2.05) is 36.4 Å². The van der Waals surface area contributed by atoms with Gasteiger partial charge in [-0.1, -0.05) is 0 Å². The lowest BCUT2D eigenvalue weighted by Crippen LogP contribution is -2.25. The van der Waals surface area contributed by atoms with Gasteiger partial charge in [-0.05, 0) is 86.1 Å². The summed E-state index contributed by atoms with van der Waals surface area (Å²) >= 11 is 0. The first-order valence-corrected chi connectivity index (χ1v) is 9.47. The number of aromatic nitrogens is 2. The molecule has 0 bridgehead atoms. The fourth-order valence-corrected chi connectivity index (χ4v) is 3.41. The van der Waals surface area contributed by atoms with Gasteiger partial charge in [-0.15, -0.1) is 0 Å². The molecule has 2 aromatic carbocycles. The SMILES string of the molecule is COc1ccc(-c2cc(-c3ccc(OCCN4CCCC4)cc3)[nH]n2)cc1. The van der Waals surface area contributed by atoms with E-state index in [0.29, 0.717) is 0 Å². The third kappa shape index (κ3) is 4.31. The molecule has 140 valence electrons.